The molecule has 3 heterocycles. The molecule has 32 heavy (non-hydrogen) atoms. The zero-order valence-electron chi connectivity index (χ0n) is 17.8. The van der Waals surface area contributed by atoms with E-state index in [4.69, 9.17) is 17.3 Å². The average molecular weight is 498 g/mol. The van der Waals surface area contributed by atoms with Gasteiger partial charge >= 0.3 is 5.97 Å². The van der Waals surface area contributed by atoms with Gasteiger partial charge in [0.1, 0.15) is 5.70 Å². The molecule has 0 aliphatic carbocycles. The number of rotatable bonds is 9. The summed E-state index contributed by atoms with van der Waals surface area (Å²) in [4.78, 5) is 27.8. The molecule has 3 aliphatic rings. The van der Waals surface area contributed by atoms with Crippen molar-refractivity contribution in [3.8, 4) is 0 Å². The van der Waals surface area contributed by atoms with E-state index in [2.05, 4.69) is 5.32 Å². The van der Waals surface area contributed by atoms with Crippen LogP contribution in [0, 0.1) is 11.8 Å². The number of hydrogen-bond acceptors (Lipinski definition) is 7. The van der Waals surface area contributed by atoms with Crippen molar-refractivity contribution < 1.29 is 19.8 Å². The molecule has 0 aromatic heterocycles. The van der Waals surface area contributed by atoms with Gasteiger partial charge in [-0.3, -0.25) is 4.79 Å². The molecule has 3 aliphatic heterocycles. The first-order valence-corrected chi connectivity index (χ1v) is 13.0. The maximum atomic E-state index is 12.5. The van der Waals surface area contributed by atoms with Gasteiger partial charge in [-0.15, -0.1) is 23.5 Å². The maximum absolute atomic E-state index is 12.5. The SMILES string of the molecule is C[C@H]1C(S[C@@H]2CN[C@H](CSc3ccc(Cl)c(CN)c3)C2)=C(C(=O)O)N2C(=O)[C@@H](CCO)[C@@H]12. The number of thioether (sulfide) groups is 2. The summed E-state index contributed by atoms with van der Waals surface area (Å²) in [7, 11) is 0. The molecule has 7 nitrogen and oxygen atoms in total. The average Bonchev–Trinajstić information content (AvgIpc) is 3.32. The summed E-state index contributed by atoms with van der Waals surface area (Å²) in [5.74, 6) is -0.644. The number of nitrogens with zero attached hydrogens (tertiary/aromatic N) is 1. The highest BCUT2D eigenvalue weighted by atomic mass is 35.5. The van der Waals surface area contributed by atoms with Crippen LogP contribution in [-0.2, 0) is 16.1 Å². The van der Waals surface area contributed by atoms with Crippen LogP contribution < -0.4 is 11.1 Å². The van der Waals surface area contributed by atoms with Crippen LogP contribution in [0.1, 0.15) is 25.3 Å². The van der Waals surface area contributed by atoms with Crippen molar-refractivity contribution in [1.29, 1.82) is 0 Å². The van der Waals surface area contributed by atoms with Gasteiger partial charge in [-0.2, -0.15) is 0 Å². The number of carboxylic acid groups (broad SMARTS) is 1. The number of benzene rings is 1. The first kappa shape index (κ1) is 23.9. The molecule has 0 radical (unpaired) electrons. The summed E-state index contributed by atoms with van der Waals surface area (Å²) >= 11 is 9.50. The number of aliphatic hydroxyl groups is 1. The summed E-state index contributed by atoms with van der Waals surface area (Å²) in [6.07, 6.45) is 1.31. The first-order valence-electron chi connectivity index (χ1n) is 10.8. The van der Waals surface area contributed by atoms with E-state index in [1.54, 1.807) is 23.5 Å². The number of hydrogen-bond donors (Lipinski definition) is 4. The molecule has 0 unspecified atom stereocenters. The van der Waals surface area contributed by atoms with Gasteiger partial charge in [0.05, 0.1) is 12.0 Å². The Balaban J connectivity index is 1.38. The fraction of sp³-hybridized carbons (Fsp3) is 0.545. The van der Waals surface area contributed by atoms with Crippen molar-refractivity contribution in [3.63, 3.8) is 0 Å². The van der Waals surface area contributed by atoms with E-state index in [1.165, 1.54) is 4.90 Å². The minimum absolute atomic E-state index is 0.0301. The van der Waals surface area contributed by atoms with Gasteiger partial charge in [-0.1, -0.05) is 18.5 Å². The highest BCUT2D eigenvalue weighted by molar-refractivity contribution is 8.03. The number of aliphatic hydroxyl groups excluding tert-OH is 1. The number of carboxylic acids is 1. The van der Waals surface area contributed by atoms with Gasteiger partial charge in [0.25, 0.3) is 0 Å². The lowest BCUT2D eigenvalue weighted by molar-refractivity contribution is -0.157. The van der Waals surface area contributed by atoms with Crippen LogP contribution in [0.5, 0.6) is 0 Å². The summed E-state index contributed by atoms with van der Waals surface area (Å²) in [5, 5.41) is 23.6. The lowest BCUT2D eigenvalue weighted by atomic mass is 9.80. The molecule has 1 aromatic carbocycles. The number of β-lactam (4-membered cyclic amide) rings is 1. The Morgan fingerprint density at radius 2 is 2.19 bits per heavy atom. The van der Waals surface area contributed by atoms with E-state index in [9.17, 15) is 19.8 Å². The predicted molar refractivity (Wildman–Crippen MR) is 128 cm³/mol. The topological polar surface area (TPSA) is 116 Å². The number of carbonyl (C=O) groups is 2. The normalized spacial score (nSPS) is 29.4. The van der Waals surface area contributed by atoms with Crippen LogP contribution in [0.15, 0.2) is 33.7 Å². The van der Waals surface area contributed by atoms with Gasteiger partial charge in [0.2, 0.25) is 5.91 Å². The third kappa shape index (κ3) is 4.43. The smallest absolute Gasteiger partial charge is 0.353 e. The Bertz CT molecular complexity index is 944. The Labute approximate surface area is 201 Å². The first-order chi connectivity index (χ1) is 15.3. The van der Waals surface area contributed by atoms with Crippen molar-refractivity contribution in [3.05, 3.63) is 39.4 Å². The Kier molecular flexibility index (Phi) is 7.43. The van der Waals surface area contributed by atoms with E-state index in [1.807, 2.05) is 25.1 Å². The third-order valence-corrected chi connectivity index (χ3v) is 9.51. The molecule has 1 amide bonds. The number of aliphatic carboxylic acids is 1. The molecule has 174 valence electrons. The molecule has 4 rings (SSSR count). The van der Waals surface area contributed by atoms with Crippen LogP contribution in [0.3, 0.4) is 0 Å². The molecular weight excluding hydrogens is 470 g/mol. The van der Waals surface area contributed by atoms with E-state index in [0.717, 1.165) is 34.1 Å². The maximum Gasteiger partial charge on any atom is 0.353 e. The molecule has 5 N–H and O–H groups in total. The van der Waals surface area contributed by atoms with Gasteiger partial charge < -0.3 is 26.2 Å². The molecule has 2 fully saturated rings. The van der Waals surface area contributed by atoms with Crippen molar-refractivity contribution in [1.82, 2.24) is 10.2 Å². The molecule has 5 atom stereocenters. The highest BCUT2D eigenvalue weighted by Gasteiger charge is 2.58. The van der Waals surface area contributed by atoms with E-state index in [0.29, 0.717) is 24.0 Å². The second-order valence-corrected chi connectivity index (χ2v) is 11.3. The predicted octanol–water partition coefficient (Wildman–Crippen LogP) is 2.51. The standard InChI is InChI=1S/C22H28ClN3O4S2/c1-11-18-16(4-5-27)21(28)26(18)19(22(29)30)20(11)32-15-7-13(25-9-15)10-31-14-2-3-17(23)12(6-14)8-24/h2-3,6,11,13,15-16,18,25,27H,4-5,7-10,24H2,1H3,(H,29,30)/t11-,13+,15+,16+,18-/m1/s1. The van der Waals surface area contributed by atoms with E-state index >= 15 is 0 Å². The van der Waals surface area contributed by atoms with Crippen molar-refractivity contribution in [2.75, 3.05) is 18.9 Å². The Hall–Kier alpha value is -1.23. The van der Waals surface area contributed by atoms with Crippen LogP contribution in [0.25, 0.3) is 0 Å². The second kappa shape index (κ2) is 9.95. The summed E-state index contributed by atoms with van der Waals surface area (Å²) in [6, 6.07) is 6.08. The minimum Gasteiger partial charge on any atom is -0.477 e. The number of carbonyl (C=O) groups excluding carboxylic acids is 1. The molecular formula is C22H28ClN3O4S2. The fourth-order valence-corrected chi connectivity index (χ4v) is 7.62. The van der Waals surface area contributed by atoms with Gasteiger partial charge in [-0.05, 0) is 36.6 Å². The number of fused-ring (bicyclic) bond motifs is 1. The summed E-state index contributed by atoms with van der Waals surface area (Å²) < 4.78 is 0. The molecule has 1 aromatic rings. The largest absolute Gasteiger partial charge is 0.477 e. The zero-order valence-corrected chi connectivity index (χ0v) is 20.2. The molecule has 0 saturated carbocycles. The lowest BCUT2D eigenvalue weighted by Gasteiger charge is -2.45. The zero-order chi connectivity index (χ0) is 23.0. The Morgan fingerprint density at radius 1 is 1.41 bits per heavy atom. The van der Waals surface area contributed by atoms with Crippen LogP contribution in [-0.4, -0.2) is 63.2 Å². The quantitative estimate of drug-likeness (QED) is 0.304. The minimum atomic E-state index is -1.05. The number of halogens is 1. The van der Waals surface area contributed by atoms with Gasteiger partial charge in [0, 0.05) is 57.5 Å². The lowest BCUT2D eigenvalue weighted by Crippen LogP contribution is -2.60. The third-order valence-electron chi connectivity index (χ3n) is 6.47. The summed E-state index contributed by atoms with van der Waals surface area (Å²) in [5.41, 5.74) is 6.82. The van der Waals surface area contributed by atoms with Crippen molar-refractivity contribution in [2.45, 2.75) is 48.5 Å². The van der Waals surface area contributed by atoms with Crippen LogP contribution in [0.4, 0.5) is 0 Å². The number of amides is 1. The van der Waals surface area contributed by atoms with Crippen molar-refractivity contribution in [2.24, 2.45) is 17.6 Å². The summed E-state index contributed by atoms with van der Waals surface area (Å²) in [6.45, 7) is 3.14. The number of nitrogens with one attached hydrogen (secondary N) is 1. The van der Waals surface area contributed by atoms with E-state index < -0.39 is 5.97 Å². The van der Waals surface area contributed by atoms with E-state index in [-0.39, 0.29) is 41.3 Å². The van der Waals surface area contributed by atoms with Gasteiger partial charge in [0.15, 0.2) is 0 Å². The highest BCUT2D eigenvalue weighted by Crippen LogP contribution is 2.51. The second-order valence-electron chi connectivity index (χ2n) is 8.47. The number of nitrogens with two attached hydrogens (primary N) is 1. The Morgan fingerprint density at radius 3 is 2.88 bits per heavy atom. The molecule has 10 heteroatoms. The van der Waals surface area contributed by atoms with Gasteiger partial charge in [-0.25, -0.2) is 4.79 Å². The van der Waals surface area contributed by atoms with Crippen molar-refractivity contribution >= 4 is 47.0 Å². The molecule has 2 saturated heterocycles. The van der Waals surface area contributed by atoms with Crippen LogP contribution in [0.2, 0.25) is 5.02 Å². The van der Waals surface area contributed by atoms with Crippen LogP contribution >= 0.6 is 35.1 Å². The molecule has 0 bridgehead atoms. The monoisotopic (exact) mass is 497 g/mol. The fourth-order valence-electron chi connectivity index (χ4n) is 4.87. The molecule has 0 spiro atoms.